The molecule has 0 aliphatic carbocycles. The first kappa shape index (κ1) is 11.7. The van der Waals surface area contributed by atoms with Crippen LogP contribution in [0.15, 0.2) is 0 Å². The molecule has 0 radical (unpaired) electrons. The number of nitrogens with zero attached hydrogens (tertiary/aromatic N) is 2. The van der Waals surface area contributed by atoms with E-state index in [2.05, 4.69) is 0 Å². The Balaban J connectivity index is 1.99. The minimum atomic E-state index is -0.101. The maximum atomic E-state index is 12.3. The molecule has 0 aromatic rings. The molecule has 0 saturated carbocycles. The van der Waals surface area contributed by atoms with E-state index in [0.717, 1.165) is 25.8 Å². The van der Waals surface area contributed by atoms with Crippen LogP contribution in [-0.4, -0.2) is 54.3 Å². The first-order valence-electron chi connectivity index (χ1n) is 6.10. The van der Waals surface area contributed by atoms with Gasteiger partial charge in [-0.25, -0.2) is 4.79 Å². The Morgan fingerprint density at radius 1 is 1.31 bits per heavy atom. The van der Waals surface area contributed by atoms with Gasteiger partial charge in [-0.15, -0.1) is 0 Å². The number of hydrogen-bond donors (Lipinski definition) is 1. The molecular weight excluding hydrogens is 206 g/mol. The summed E-state index contributed by atoms with van der Waals surface area (Å²) >= 11 is 0. The monoisotopic (exact) mass is 227 g/mol. The summed E-state index contributed by atoms with van der Waals surface area (Å²) in [6.07, 6.45) is 3.02. The second-order valence-electron chi connectivity index (χ2n) is 4.66. The molecule has 0 spiro atoms. The normalized spacial score (nSPS) is 31.6. The molecule has 2 saturated heterocycles. The minimum Gasteiger partial charge on any atom is -0.377 e. The van der Waals surface area contributed by atoms with Crippen molar-refractivity contribution in [3.05, 3.63) is 0 Å². The summed E-state index contributed by atoms with van der Waals surface area (Å²) in [4.78, 5) is 16.0. The highest BCUT2D eigenvalue weighted by atomic mass is 16.5. The van der Waals surface area contributed by atoms with Crippen molar-refractivity contribution in [1.29, 1.82) is 0 Å². The Bertz CT molecular complexity index is 236. The fourth-order valence-corrected chi connectivity index (χ4v) is 2.37. The third-order valence-electron chi connectivity index (χ3n) is 3.41. The number of piperidine rings is 1. The fourth-order valence-electron chi connectivity index (χ4n) is 2.37. The molecule has 2 aliphatic rings. The summed E-state index contributed by atoms with van der Waals surface area (Å²) in [6, 6.07) is 0.248. The number of carbonyl (C=O) groups excluding carboxylic acids is 1. The van der Waals surface area contributed by atoms with E-state index in [1.807, 2.05) is 16.7 Å². The maximum Gasteiger partial charge on any atom is 0.321 e. The average molecular weight is 227 g/mol. The van der Waals surface area contributed by atoms with Gasteiger partial charge in [0.25, 0.3) is 0 Å². The van der Waals surface area contributed by atoms with Gasteiger partial charge in [0.2, 0.25) is 0 Å². The minimum absolute atomic E-state index is 0.0861. The largest absolute Gasteiger partial charge is 0.377 e. The van der Waals surface area contributed by atoms with Gasteiger partial charge in [0, 0.05) is 13.1 Å². The summed E-state index contributed by atoms with van der Waals surface area (Å²) in [7, 11) is 0. The zero-order valence-electron chi connectivity index (χ0n) is 9.89. The molecule has 2 amide bonds. The van der Waals surface area contributed by atoms with E-state index in [0.29, 0.717) is 19.8 Å². The molecule has 0 bridgehead atoms. The summed E-state index contributed by atoms with van der Waals surface area (Å²) in [5, 5.41) is 0. The van der Waals surface area contributed by atoms with Crippen molar-refractivity contribution < 1.29 is 9.53 Å². The van der Waals surface area contributed by atoms with Gasteiger partial charge in [0.15, 0.2) is 0 Å². The molecule has 5 nitrogen and oxygen atoms in total. The molecule has 1 unspecified atom stereocenters. The van der Waals surface area contributed by atoms with Crippen molar-refractivity contribution in [2.45, 2.75) is 38.4 Å². The molecule has 16 heavy (non-hydrogen) atoms. The van der Waals surface area contributed by atoms with Gasteiger partial charge in [0.05, 0.1) is 25.4 Å². The van der Waals surface area contributed by atoms with Gasteiger partial charge in [-0.2, -0.15) is 0 Å². The lowest BCUT2D eigenvalue weighted by molar-refractivity contribution is 0.00493. The quantitative estimate of drug-likeness (QED) is 0.659. The lowest BCUT2D eigenvalue weighted by Crippen LogP contribution is -2.58. The first-order valence-corrected chi connectivity index (χ1v) is 6.10. The van der Waals surface area contributed by atoms with Gasteiger partial charge in [-0.3, -0.25) is 0 Å². The number of likely N-dealkylation sites (tertiary alicyclic amines) is 1. The van der Waals surface area contributed by atoms with Crippen molar-refractivity contribution in [1.82, 2.24) is 9.80 Å². The third-order valence-corrected chi connectivity index (χ3v) is 3.41. The second kappa shape index (κ2) is 5.01. The highest BCUT2D eigenvalue weighted by Crippen LogP contribution is 2.17. The highest BCUT2D eigenvalue weighted by molar-refractivity contribution is 5.75. The number of amides is 2. The number of nitrogens with two attached hydrogens (primary N) is 1. The smallest absolute Gasteiger partial charge is 0.321 e. The number of morpholine rings is 1. The van der Waals surface area contributed by atoms with E-state index >= 15 is 0 Å². The van der Waals surface area contributed by atoms with Crippen LogP contribution in [0, 0.1) is 0 Å². The number of rotatable bonds is 0. The van der Waals surface area contributed by atoms with Crippen LogP contribution in [-0.2, 0) is 4.74 Å². The van der Waals surface area contributed by atoms with Crippen LogP contribution < -0.4 is 5.73 Å². The number of ether oxygens (including phenoxy) is 1. The Labute approximate surface area is 96.5 Å². The molecule has 2 N–H and O–H groups in total. The molecule has 5 heteroatoms. The molecule has 0 aromatic heterocycles. The van der Waals surface area contributed by atoms with Crippen LogP contribution in [0.3, 0.4) is 0 Å². The van der Waals surface area contributed by atoms with Crippen LogP contribution in [0.5, 0.6) is 0 Å². The molecule has 2 atom stereocenters. The summed E-state index contributed by atoms with van der Waals surface area (Å²) in [5.41, 5.74) is 5.98. The van der Waals surface area contributed by atoms with Crippen LogP contribution in [0.2, 0.25) is 0 Å². The molecular formula is C11H21N3O2. The lowest BCUT2D eigenvalue weighted by Gasteiger charge is -2.41. The van der Waals surface area contributed by atoms with Gasteiger partial charge >= 0.3 is 6.03 Å². The van der Waals surface area contributed by atoms with Gasteiger partial charge in [-0.05, 0) is 26.2 Å². The molecule has 0 aromatic carbocycles. The number of hydrogen-bond acceptors (Lipinski definition) is 3. The summed E-state index contributed by atoms with van der Waals surface area (Å²) < 4.78 is 5.33. The van der Waals surface area contributed by atoms with E-state index in [9.17, 15) is 4.79 Å². The lowest BCUT2D eigenvalue weighted by atomic mass is 10.1. The van der Waals surface area contributed by atoms with Crippen molar-refractivity contribution in [2.75, 3.05) is 26.3 Å². The van der Waals surface area contributed by atoms with E-state index in [1.54, 1.807) is 0 Å². The van der Waals surface area contributed by atoms with Crippen LogP contribution in [0.4, 0.5) is 4.79 Å². The predicted molar refractivity (Wildman–Crippen MR) is 60.9 cm³/mol. The molecule has 92 valence electrons. The predicted octanol–water partition coefficient (Wildman–Crippen LogP) is 0.598. The first-order chi connectivity index (χ1) is 7.70. The fraction of sp³-hybridized carbons (Fsp3) is 0.909. The van der Waals surface area contributed by atoms with Crippen molar-refractivity contribution >= 4 is 6.03 Å². The van der Waals surface area contributed by atoms with Gasteiger partial charge in [-0.1, -0.05) is 0 Å². The molecule has 2 fully saturated rings. The number of urea groups is 1. The molecule has 2 heterocycles. The SMILES string of the molecule is C[C@H]1COCCN1C(=O)N1CCCCC1N. The Morgan fingerprint density at radius 2 is 2.12 bits per heavy atom. The van der Waals surface area contributed by atoms with E-state index in [1.165, 1.54) is 0 Å². The zero-order chi connectivity index (χ0) is 11.5. The maximum absolute atomic E-state index is 12.3. The molecule has 2 aliphatic heterocycles. The Morgan fingerprint density at radius 3 is 2.81 bits per heavy atom. The van der Waals surface area contributed by atoms with Crippen molar-refractivity contribution in [2.24, 2.45) is 5.73 Å². The summed E-state index contributed by atoms with van der Waals surface area (Å²) in [6.45, 7) is 4.77. The van der Waals surface area contributed by atoms with Gasteiger partial charge < -0.3 is 20.3 Å². The Hall–Kier alpha value is -0.810. The molecule has 2 rings (SSSR count). The topological polar surface area (TPSA) is 58.8 Å². The second-order valence-corrected chi connectivity index (χ2v) is 4.66. The zero-order valence-corrected chi connectivity index (χ0v) is 9.89. The van der Waals surface area contributed by atoms with Crippen LogP contribution >= 0.6 is 0 Å². The summed E-state index contributed by atoms with van der Waals surface area (Å²) in [5.74, 6) is 0. The number of carbonyl (C=O) groups is 1. The Kier molecular flexibility index (Phi) is 3.66. The van der Waals surface area contributed by atoms with Gasteiger partial charge in [0.1, 0.15) is 0 Å². The third kappa shape index (κ3) is 2.30. The van der Waals surface area contributed by atoms with Crippen LogP contribution in [0.1, 0.15) is 26.2 Å². The van der Waals surface area contributed by atoms with Crippen LogP contribution in [0.25, 0.3) is 0 Å². The highest BCUT2D eigenvalue weighted by Gasteiger charge is 2.31. The average Bonchev–Trinajstić information content (AvgIpc) is 2.29. The van der Waals surface area contributed by atoms with E-state index < -0.39 is 0 Å². The standard InChI is InChI=1S/C11H21N3O2/c1-9-8-16-7-6-13(9)11(15)14-5-3-2-4-10(14)12/h9-10H,2-8,12H2,1H3/t9-,10?/m0/s1. The van der Waals surface area contributed by atoms with Crippen molar-refractivity contribution in [3.63, 3.8) is 0 Å². The van der Waals surface area contributed by atoms with Crippen molar-refractivity contribution in [3.8, 4) is 0 Å². The van der Waals surface area contributed by atoms with E-state index in [4.69, 9.17) is 10.5 Å². The van der Waals surface area contributed by atoms with E-state index in [-0.39, 0.29) is 18.2 Å².